The van der Waals surface area contributed by atoms with E-state index in [1.54, 1.807) is 31.2 Å². The van der Waals surface area contributed by atoms with Crippen molar-refractivity contribution >= 4 is 35.5 Å². The Bertz CT molecular complexity index is 1010. The molecule has 1 saturated heterocycles. The highest BCUT2D eigenvalue weighted by molar-refractivity contribution is 8.00. The van der Waals surface area contributed by atoms with E-state index in [-0.39, 0.29) is 12.2 Å². The summed E-state index contributed by atoms with van der Waals surface area (Å²) in [5, 5.41) is 13.4. The predicted molar refractivity (Wildman–Crippen MR) is 123 cm³/mol. The first kappa shape index (κ1) is 25.7. The van der Waals surface area contributed by atoms with Gasteiger partial charge in [-0.05, 0) is 18.1 Å². The number of ether oxygens (including phenoxy) is 1. The summed E-state index contributed by atoms with van der Waals surface area (Å²) in [4.78, 5) is 51.1. The molecule has 1 fully saturated rings. The number of hydrogen-bond acceptors (Lipinski definition) is 8. The second-order valence-electron chi connectivity index (χ2n) is 9.49. The Labute approximate surface area is 202 Å². The minimum Gasteiger partial charge on any atom is -0.550 e. The van der Waals surface area contributed by atoms with Crippen LogP contribution in [0.3, 0.4) is 0 Å². The number of hydrogen-bond donors (Lipinski definition) is 2. The van der Waals surface area contributed by atoms with Gasteiger partial charge >= 0.3 is 5.97 Å². The summed E-state index contributed by atoms with van der Waals surface area (Å²) in [5.74, 6) is -2.57. The van der Waals surface area contributed by atoms with Gasteiger partial charge in [0.2, 0.25) is 5.91 Å². The van der Waals surface area contributed by atoms with Crippen molar-refractivity contribution in [3.63, 3.8) is 0 Å². The first-order valence-corrected chi connectivity index (χ1v) is 11.9. The normalized spacial score (nSPS) is 21.8. The maximum Gasteiger partial charge on any atom is 0.355 e. The first-order chi connectivity index (χ1) is 15.9. The summed E-state index contributed by atoms with van der Waals surface area (Å²) in [6.45, 7) is 1.98. The molecule has 34 heavy (non-hydrogen) atoms. The molecule has 2 aliphatic heterocycles. The Morgan fingerprint density at radius 3 is 2.50 bits per heavy atom. The molecule has 2 heterocycles. The molecule has 1 aromatic rings. The van der Waals surface area contributed by atoms with Gasteiger partial charge in [0.1, 0.15) is 29.7 Å². The van der Waals surface area contributed by atoms with Crippen LogP contribution in [0.15, 0.2) is 41.6 Å². The first-order valence-electron chi connectivity index (χ1n) is 10.9. The minimum absolute atomic E-state index is 0.0939. The average Bonchev–Trinajstić information content (AvgIpc) is 2.75. The molecule has 0 aliphatic carbocycles. The molecule has 0 bridgehead atoms. The van der Waals surface area contributed by atoms with Gasteiger partial charge in [0.15, 0.2) is 6.10 Å². The topological polar surface area (TPSA) is 142 Å². The van der Waals surface area contributed by atoms with E-state index < -0.39 is 53.7 Å². The number of carboxylic acid groups (broad SMARTS) is 1. The van der Waals surface area contributed by atoms with Gasteiger partial charge in [0, 0.05) is 18.1 Å². The number of amides is 2. The van der Waals surface area contributed by atoms with E-state index in [9.17, 15) is 24.3 Å². The number of esters is 1. The summed E-state index contributed by atoms with van der Waals surface area (Å²) in [7, 11) is 5.54. The number of aliphatic carboxylic acids is 1. The number of rotatable bonds is 9. The number of quaternary nitrogens is 1. The third-order valence-electron chi connectivity index (χ3n) is 5.51. The monoisotopic (exact) mass is 490 g/mol. The molecule has 4 atom stereocenters. The fraction of sp³-hybridized carbons (Fsp3) is 0.478. The summed E-state index contributed by atoms with van der Waals surface area (Å²) in [6, 6.07) is 7.06. The molecule has 184 valence electrons. The summed E-state index contributed by atoms with van der Waals surface area (Å²) >= 11 is 1.42. The molecular weight excluding hydrogens is 460 g/mol. The van der Waals surface area contributed by atoms with Crippen LogP contribution < -0.4 is 16.2 Å². The number of thioether (sulfide) groups is 1. The smallest absolute Gasteiger partial charge is 0.355 e. The molecule has 3 N–H and O–H groups in total. The molecule has 11 heteroatoms. The van der Waals surface area contributed by atoms with Crippen LogP contribution in [0, 0.1) is 0 Å². The van der Waals surface area contributed by atoms with Crippen molar-refractivity contribution in [3.8, 4) is 0 Å². The van der Waals surface area contributed by atoms with E-state index in [1.165, 1.54) is 16.7 Å². The highest BCUT2D eigenvalue weighted by Crippen LogP contribution is 2.40. The van der Waals surface area contributed by atoms with E-state index in [2.05, 4.69) is 5.32 Å². The molecule has 1 aromatic carbocycles. The molecule has 3 rings (SSSR count). The van der Waals surface area contributed by atoms with Crippen LogP contribution >= 0.6 is 11.8 Å². The van der Waals surface area contributed by atoms with Crippen molar-refractivity contribution in [2.45, 2.75) is 36.9 Å². The van der Waals surface area contributed by atoms with E-state index in [0.29, 0.717) is 21.4 Å². The molecule has 0 radical (unpaired) electrons. The lowest BCUT2D eigenvalue weighted by Gasteiger charge is -2.49. The molecule has 0 saturated carbocycles. The maximum absolute atomic E-state index is 13.0. The zero-order valence-corrected chi connectivity index (χ0v) is 20.5. The van der Waals surface area contributed by atoms with Crippen LogP contribution in [0.1, 0.15) is 24.9 Å². The van der Waals surface area contributed by atoms with Crippen LogP contribution in [0.4, 0.5) is 0 Å². The zero-order valence-electron chi connectivity index (χ0n) is 19.6. The van der Waals surface area contributed by atoms with Crippen molar-refractivity contribution in [3.05, 3.63) is 47.2 Å². The number of nitrogens with zero attached hydrogens (tertiary/aromatic N) is 2. The maximum atomic E-state index is 13.0. The second-order valence-corrected chi connectivity index (χ2v) is 10.6. The van der Waals surface area contributed by atoms with E-state index in [1.807, 2.05) is 27.2 Å². The molecular formula is C23H30N4O6S. The third kappa shape index (κ3) is 5.78. The molecule has 2 amide bonds. The van der Waals surface area contributed by atoms with Crippen LogP contribution in [-0.2, 0) is 23.9 Å². The largest absolute Gasteiger partial charge is 0.550 e. The van der Waals surface area contributed by atoms with Crippen molar-refractivity contribution in [2.24, 2.45) is 5.73 Å². The quantitative estimate of drug-likeness (QED) is 0.258. The predicted octanol–water partition coefficient (Wildman–Crippen LogP) is -0.882. The van der Waals surface area contributed by atoms with Crippen LogP contribution in [0.5, 0.6) is 0 Å². The number of nitrogens with two attached hydrogens (primary N) is 1. The van der Waals surface area contributed by atoms with Gasteiger partial charge in [-0.15, -0.1) is 11.8 Å². The van der Waals surface area contributed by atoms with Gasteiger partial charge < -0.3 is 30.2 Å². The average molecular weight is 491 g/mol. The Balaban J connectivity index is 1.70. The van der Waals surface area contributed by atoms with Gasteiger partial charge in [0.05, 0.1) is 21.1 Å². The third-order valence-corrected chi connectivity index (χ3v) is 6.93. The standard InChI is InChI=1S/C23H30N4O6S/c1-13-12-34-22-18(25-20(30)17(24)14-8-6-5-7-9-14)21(31)26(22)19(13)23(32)33-15(10-16(28)29)11-27(2,3)4/h5-9,15,17-18,22H,10-12,24H2,1-4H3,(H-,25,28,29,30)/t15?,17-,18-,22-/m1/s1. The van der Waals surface area contributed by atoms with Crippen molar-refractivity contribution in [2.75, 3.05) is 33.4 Å². The Morgan fingerprint density at radius 1 is 1.26 bits per heavy atom. The van der Waals surface area contributed by atoms with Crippen LogP contribution in [0.2, 0.25) is 0 Å². The zero-order chi connectivity index (χ0) is 25.2. The molecule has 0 spiro atoms. The minimum atomic E-state index is -1.33. The van der Waals surface area contributed by atoms with E-state index >= 15 is 0 Å². The molecule has 1 unspecified atom stereocenters. The lowest BCUT2D eigenvalue weighted by Crippen LogP contribution is -2.71. The fourth-order valence-corrected chi connectivity index (χ4v) is 5.26. The van der Waals surface area contributed by atoms with Gasteiger partial charge in [-0.2, -0.15) is 0 Å². The Hall–Kier alpha value is -2.89. The van der Waals surface area contributed by atoms with Gasteiger partial charge in [-0.25, -0.2) is 4.79 Å². The number of nitrogens with one attached hydrogen (secondary N) is 1. The van der Waals surface area contributed by atoms with Crippen molar-refractivity contribution in [1.29, 1.82) is 0 Å². The number of carboxylic acids is 1. The summed E-state index contributed by atoms with van der Waals surface area (Å²) in [6.07, 6.45) is -1.36. The SMILES string of the molecule is CC1=C(C(=O)OC(CC(=O)[O-])C[N+](C)(C)C)N2C(=O)[C@@H](NC(=O)[C@H](N)c3ccccc3)[C@H]2SC1. The van der Waals surface area contributed by atoms with Gasteiger partial charge in [-0.1, -0.05) is 30.3 Å². The highest BCUT2D eigenvalue weighted by Gasteiger charge is 2.54. The Morgan fingerprint density at radius 2 is 1.91 bits per heavy atom. The Kier molecular flexibility index (Phi) is 7.69. The second kappa shape index (κ2) is 10.2. The summed E-state index contributed by atoms with van der Waals surface area (Å²) in [5.41, 5.74) is 7.40. The summed E-state index contributed by atoms with van der Waals surface area (Å²) < 4.78 is 5.89. The number of β-lactam (4-membered cyclic amide) rings is 1. The fourth-order valence-electron chi connectivity index (χ4n) is 3.96. The molecule has 2 aliphatic rings. The van der Waals surface area contributed by atoms with E-state index in [4.69, 9.17) is 10.5 Å². The van der Waals surface area contributed by atoms with Crippen molar-refractivity contribution < 1.29 is 33.5 Å². The number of likely N-dealkylation sites (N-methyl/N-ethyl adjacent to an activating group) is 1. The van der Waals surface area contributed by atoms with E-state index in [0.717, 1.165) is 0 Å². The highest BCUT2D eigenvalue weighted by atomic mass is 32.2. The molecule has 0 aromatic heterocycles. The number of carbonyl (C=O) groups excluding carboxylic acids is 4. The van der Waals surface area contributed by atoms with Crippen LogP contribution in [-0.4, -0.2) is 84.1 Å². The van der Waals surface area contributed by atoms with Crippen molar-refractivity contribution in [1.82, 2.24) is 10.2 Å². The molecule has 10 nitrogen and oxygen atoms in total. The lowest BCUT2D eigenvalue weighted by atomic mass is 10.0. The number of fused-ring (bicyclic) bond motifs is 1. The van der Waals surface area contributed by atoms with Gasteiger partial charge in [0.25, 0.3) is 5.91 Å². The van der Waals surface area contributed by atoms with Crippen LogP contribution in [0.25, 0.3) is 0 Å². The number of benzene rings is 1. The lowest BCUT2D eigenvalue weighted by molar-refractivity contribution is -0.873. The number of carbonyl (C=O) groups is 4. The van der Waals surface area contributed by atoms with Gasteiger partial charge in [-0.3, -0.25) is 14.5 Å².